The minimum Gasteiger partial charge on any atom is -0.480 e. The average Bonchev–Trinajstić information content (AvgIpc) is 2.27. The van der Waals surface area contributed by atoms with Gasteiger partial charge in [-0.2, -0.15) is 0 Å². The summed E-state index contributed by atoms with van der Waals surface area (Å²) in [6, 6.07) is 4.74. The molecule has 0 aromatic heterocycles. The van der Waals surface area contributed by atoms with Crippen LogP contribution in [0.4, 0.5) is 13.2 Å². The number of benzene rings is 1. The van der Waals surface area contributed by atoms with Gasteiger partial charge in [-0.1, -0.05) is 12.1 Å². The molecule has 0 aliphatic rings. The Morgan fingerprint density at radius 3 is 2.26 bits per heavy atom. The SMILES string of the molecule is O=C(O)CNC(=O)Cc1ccc(OC(F)(F)F)cc1. The Labute approximate surface area is 106 Å². The molecule has 0 aliphatic carbocycles. The molecular formula is C11H10F3NO4. The van der Waals surface area contributed by atoms with Gasteiger partial charge < -0.3 is 15.2 Å². The highest BCUT2D eigenvalue weighted by Gasteiger charge is 2.30. The van der Waals surface area contributed by atoms with Gasteiger partial charge in [0.2, 0.25) is 5.91 Å². The first-order chi connectivity index (χ1) is 8.76. The summed E-state index contributed by atoms with van der Waals surface area (Å²) in [5.41, 5.74) is 0.442. The molecule has 0 fully saturated rings. The summed E-state index contributed by atoms with van der Waals surface area (Å²) in [5.74, 6) is -2.10. The average molecular weight is 277 g/mol. The monoisotopic (exact) mass is 277 g/mol. The smallest absolute Gasteiger partial charge is 0.480 e. The number of nitrogens with one attached hydrogen (secondary N) is 1. The summed E-state index contributed by atoms with van der Waals surface area (Å²) in [7, 11) is 0. The number of alkyl halides is 3. The van der Waals surface area contributed by atoms with Crippen molar-refractivity contribution in [1.82, 2.24) is 5.32 Å². The van der Waals surface area contributed by atoms with Crippen LogP contribution < -0.4 is 10.1 Å². The van der Waals surface area contributed by atoms with Gasteiger partial charge in [-0.3, -0.25) is 9.59 Å². The van der Waals surface area contributed by atoms with Gasteiger partial charge in [-0.25, -0.2) is 0 Å². The van der Waals surface area contributed by atoms with Crippen LogP contribution in [0.2, 0.25) is 0 Å². The van der Waals surface area contributed by atoms with Crippen LogP contribution in [0.15, 0.2) is 24.3 Å². The molecule has 0 atom stereocenters. The maximum absolute atomic E-state index is 11.9. The minimum absolute atomic E-state index is 0.125. The third-order valence-electron chi connectivity index (χ3n) is 1.96. The topological polar surface area (TPSA) is 75.6 Å². The van der Waals surface area contributed by atoms with Crippen LogP contribution in [0.25, 0.3) is 0 Å². The zero-order chi connectivity index (χ0) is 14.5. The minimum atomic E-state index is -4.76. The summed E-state index contributed by atoms with van der Waals surface area (Å²) in [5, 5.41) is 10.5. The molecule has 0 radical (unpaired) electrons. The van der Waals surface area contributed by atoms with Crippen molar-refractivity contribution >= 4 is 11.9 Å². The van der Waals surface area contributed by atoms with Crippen molar-refractivity contribution in [1.29, 1.82) is 0 Å². The van der Waals surface area contributed by atoms with E-state index in [0.29, 0.717) is 5.56 Å². The van der Waals surface area contributed by atoms with Gasteiger partial charge >= 0.3 is 12.3 Å². The molecule has 0 saturated carbocycles. The molecule has 0 spiro atoms. The second-order valence-electron chi connectivity index (χ2n) is 3.54. The number of carboxylic acids is 1. The first kappa shape index (κ1) is 14.8. The molecule has 2 N–H and O–H groups in total. The molecule has 1 aromatic rings. The van der Waals surface area contributed by atoms with Crippen LogP contribution in [0.5, 0.6) is 5.75 Å². The van der Waals surface area contributed by atoms with Crippen LogP contribution in [-0.4, -0.2) is 29.9 Å². The Balaban J connectivity index is 2.52. The zero-order valence-electron chi connectivity index (χ0n) is 9.53. The first-order valence-electron chi connectivity index (χ1n) is 5.09. The lowest BCUT2D eigenvalue weighted by Crippen LogP contribution is -2.30. The molecule has 1 amide bonds. The summed E-state index contributed by atoms with van der Waals surface area (Å²) in [4.78, 5) is 21.4. The van der Waals surface area contributed by atoms with E-state index in [1.54, 1.807) is 0 Å². The molecule has 0 heterocycles. The van der Waals surface area contributed by atoms with Crippen LogP contribution in [0, 0.1) is 0 Å². The van der Waals surface area contributed by atoms with E-state index >= 15 is 0 Å². The number of amides is 1. The van der Waals surface area contributed by atoms with Gasteiger partial charge in [-0.05, 0) is 17.7 Å². The predicted octanol–water partition coefficient (Wildman–Crippen LogP) is 1.33. The number of aliphatic carboxylic acids is 1. The largest absolute Gasteiger partial charge is 0.573 e. The van der Waals surface area contributed by atoms with Crippen molar-refractivity contribution < 1.29 is 32.6 Å². The Bertz CT molecular complexity index is 456. The van der Waals surface area contributed by atoms with Gasteiger partial charge in [0.25, 0.3) is 0 Å². The Morgan fingerprint density at radius 1 is 1.21 bits per heavy atom. The maximum Gasteiger partial charge on any atom is 0.573 e. The van der Waals surface area contributed by atoms with Crippen LogP contribution >= 0.6 is 0 Å². The molecule has 1 rings (SSSR count). The molecular weight excluding hydrogens is 267 g/mol. The quantitative estimate of drug-likeness (QED) is 0.851. The second-order valence-corrected chi connectivity index (χ2v) is 3.54. The summed E-state index contributed by atoms with van der Waals surface area (Å²) < 4.78 is 39.3. The van der Waals surface area contributed by atoms with Crippen molar-refractivity contribution in [2.45, 2.75) is 12.8 Å². The van der Waals surface area contributed by atoms with E-state index in [1.807, 2.05) is 0 Å². The van der Waals surface area contributed by atoms with E-state index in [4.69, 9.17) is 5.11 Å². The third kappa shape index (κ3) is 6.29. The van der Waals surface area contributed by atoms with Crippen molar-refractivity contribution in [3.8, 4) is 5.75 Å². The highest BCUT2D eigenvalue weighted by atomic mass is 19.4. The standard InChI is InChI=1S/C11H10F3NO4/c12-11(13,14)19-8-3-1-7(2-4-8)5-9(16)15-6-10(17)18/h1-4H,5-6H2,(H,15,16)(H,17,18). The number of hydrogen-bond donors (Lipinski definition) is 2. The molecule has 5 nitrogen and oxygen atoms in total. The van der Waals surface area contributed by atoms with Crippen molar-refractivity contribution in [2.24, 2.45) is 0 Å². The molecule has 104 valence electrons. The number of hydrogen-bond acceptors (Lipinski definition) is 3. The summed E-state index contributed by atoms with van der Waals surface area (Å²) in [6.45, 7) is -0.506. The number of rotatable bonds is 5. The molecule has 0 unspecified atom stereocenters. The highest BCUT2D eigenvalue weighted by Crippen LogP contribution is 2.22. The van der Waals surface area contributed by atoms with E-state index in [0.717, 1.165) is 12.1 Å². The zero-order valence-corrected chi connectivity index (χ0v) is 9.53. The van der Waals surface area contributed by atoms with Gasteiger partial charge in [0.05, 0.1) is 6.42 Å². The molecule has 1 aromatic carbocycles. The third-order valence-corrected chi connectivity index (χ3v) is 1.96. The van der Waals surface area contributed by atoms with Crippen molar-refractivity contribution in [2.75, 3.05) is 6.54 Å². The Morgan fingerprint density at radius 2 is 1.79 bits per heavy atom. The number of carbonyl (C=O) groups is 2. The second kappa shape index (κ2) is 6.07. The summed E-state index contributed by atoms with van der Waals surface area (Å²) >= 11 is 0. The molecule has 0 saturated heterocycles. The number of carboxylic acid groups (broad SMARTS) is 1. The highest BCUT2D eigenvalue weighted by molar-refractivity contribution is 5.82. The number of ether oxygens (including phenoxy) is 1. The normalized spacial score (nSPS) is 10.9. The van der Waals surface area contributed by atoms with Crippen molar-refractivity contribution in [3.63, 3.8) is 0 Å². The van der Waals surface area contributed by atoms with Crippen LogP contribution in [0.3, 0.4) is 0 Å². The fraction of sp³-hybridized carbons (Fsp3) is 0.273. The Kier molecular flexibility index (Phi) is 4.74. The van der Waals surface area contributed by atoms with Crippen molar-refractivity contribution in [3.05, 3.63) is 29.8 Å². The lowest BCUT2D eigenvalue weighted by atomic mass is 10.1. The van der Waals surface area contributed by atoms with Gasteiger partial charge in [0.15, 0.2) is 0 Å². The van der Waals surface area contributed by atoms with Crippen LogP contribution in [0.1, 0.15) is 5.56 Å². The van der Waals surface area contributed by atoms with Gasteiger partial charge in [0.1, 0.15) is 12.3 Å². The molecule has 0 aliphatic heterocycles. The number of carbonyl (C=O) groups excluding carboxylic acids is 1. The van der Waals surface area contributed by atoms with E-state index in [-0.39, 0.29) is 12.2 Å². The van der Waals surface area contributed by atoms with E-state index in [9.17, 15) is 22.8 Å². The lowest BCUT2D eigenvalue weighted by molar-refractivity contribution is -0.274. The number of halogens is 3. The fourth-order valence-corrected chi connectivity index (χ4v) is 1.23. The molecule has 8 heteroatoms. The van der Waals surface area contributed by atoms with Gasteiger partial charge in [-0.15, -0.1) is 13.2 Å². The lowest BCUT2D eigenvalue weighted by Gasteiger charge is -2.09. The van der Waals surface area contributed by atoms with E-state index < -0.39 is 24.8 Å². The van der Waals surface area contributed by atoms with E-state index in [1.165, 1.54) is 12.1 Å². The molecule has 0 bridgehead atoms. The fourth-order valence-electron chi connectivity index (χ4n) is 1.23. The maximum atomic E-state index is 11.9. The van der Waals surface area contributed by atoms with Crippen LogP contribution in [-0.2, 0) is 16.0 Å². The van der Waals surface area contributed by atoms with E-state index in [2.05, 4.69) is 10.1 Å². The first-order valence-corrected chi connectivity index (χ1v) is 5.09. The predicted molar refractivity (Wildman–Crippen MR) is 57.5 cm³/mol. The van der Waals surface area contributed by atoms with Gasteiger partial charge in [0, 0.05) is 0 Å². The Hall–Kier alpha value is -2.25. The molecule has 19 heavy (non-hydrogen) atoms. The summed E-state index contributed by atoms with van der Waals surface area (Å²) in [6.07, 6.45) is -4.89.